The molecule has 0 radical (unpaired) electrons. The number of ether oxygens (including phenoxy) is 3. The largest absolute Gasteiger partial charge is 0.484 e. The Morgan fingerprint density at radius 2 is 1.79 bits per heavy atom. The van der Waals surface area contributed by atoms with Gasteiger partial charge in [-0.25, -0.2) is 9.59 Å². The molecular formula is C8H12O6. The van der Waals surface area contributed by atoms with Crippen molar-refractivity contribution < 1.29 is 28.9 Å². The van der Waals surface area contributed by atoms with Crippen LogP contribution in [0.2, 0.25) is 0 Å². The molecule has 0 amide bonds. The van der Waals surface area contributed by atoms with E-state index in [1.165, 1.54) is 0 Å². The first-order valence-electron chi connectivity index (χ1n) is 3.68. The third-order valence-electron chi connectivity index (χ3n) is 1.41. The summed E-state index contributed by atoms with van der Waals surface area (Å²) in [4.78, 5) is 21.9. The van der Waals surface area contributed by atoms with E-state index in [4.69, 9.17) is 0 Å². The zero-order valence-electron chi connectivity index (χ0n) is 7.93. The van der Waals surface area contributed by atoms with Gasteiger partial charge in [0.1, 0.15) is 0 Å². The lowest BCUT2D eigenvalue weighted by Gasteiger charge is -2.17. The minimum absolute atomic E-state index is 0.886. The Balaban J connectivity index is 4.54. The van der Waals surface area contributed by atoms with Crippen molar-refractivity contribution in [1.29, 1.82) is 0 Å². The van der Waals surface area contributed by atoms with Gasteiger partial charge >= 0.3 is 11.9 Å². The number of methoxy groups -OCH3 is 2. The molecule has 0 aromatic carbocycles. The van der Waals surface area contributed by atoms with Crippen LogP contribution in [-0.2, 0) is 23.8 Å². The quantitative estimate of drug-likeness (QED) is 0.467. The average molecular weight is 204 g/mol. The van der Waals surface area contributed by atoms with Gasteiger partial charge in [-0.3, -0.25) is 0 Å². The molecule has 6 heteroatoms. The van der Waals surface area contributed by atoms with Gasteiger partial charge in [0.25, 0.3) is 0 Å². The third-order valence-corrected chi connectivity index (χ3v) is 1.41. The van der Waals surface area contributed by atoms with Crippen LogP contribution in [0.25, 0.3) is 0 Å². The maximum Gasteiger partial charge on any atom is 0.350 e. The number of esters is 2. The molecule has 0 aliphatic rings. The molecule has 0 heterocycles. The van der Waals surface area contributed by atoms with Gasteiger partial charge in [-0.15, -0.1) is 0 Å². The van der Waals surface area contributed by atoms with Gasteiger partial charge in [0.15, 0.2) is 6.10 Å². The number of hydrogen-bond donors (Lipinski definition) is 1. The third kappa shape index (κ3) is 3.06. The average Bonchev–Trinajstić information content (AvgIpc) is 2.22. The van der Waals surface area contributed by atoms with Gasteiger partial charge in [0.05, 0.1) is 20.5 Å². The normalized spacial score (nSPS) is 13.6. The number of carbonyl (C=O) groups is 2. The maximum absolute atomic E-state index is 11.0. The van der Waals surface area contributed by atoms with Crippen molar-refractivity contribution >= 4 is 11.9 Å². The minimum Gasteiger partial charge on any atom is -0.484 e. The fraction of sp³-hybridized carbons (Fsp3) is 0.500. The van der Waals surface area contributed by atoms with E-state index in [9.17, 15) is 14.7 Å². The van der Waals surface area contributed by atoms with E-state index in [1.807, 2.05) is 0 Å². The van der Waals surface area contributed by atoms with E-state index in [0.717, 1.165) is 20.5 Å². The highest BCUT2D eigenvalue weighted by atomic mass is 16.6. The topological polar surface area (TPSA) is 82.1 Å². The van der Waals surface area contributed by atoms with Crippen molar-refractivity contribution in [1.82, 2.24) is 0 Å². The minimum atomic E-state index is -1.73. The lowest BCUT2D eigenvalue weighted by atomic mass is 10.2. The number of rotatable bonds is 5. The molecule has 0 fully saturated rings. The predicted molar refractivity (Wildman–Crippen MR) is 45.1 cm³/mol. The molecule has 14 heavy (non-hydrogen) atoms. The monoisotopic (exact) mass is 204 g/mol. The molecule has 6 nitrogen and oxygen atoms in total. The van der Waals surface area contributed by atoms with Gasteiger partial charge < -0.3 is 19.3 Å². The van der Waals surface area contributed by atoms with Gasteiger partial charge in [-0.2, -0.15) is 0 Å². The summed E-state index contributed by atoms with van der Waals surface area (Å²) in [6, 6.07) is 0. The van der Waals surface area contributed by atoms with E-state index in [1.54, 1.807) is 0 Å². The maximum atomic E-state index is 11.0. The van der Waals surface area contributed by atoms with Gasteiger partial charge in [-0.05, 0) is 0 Å². The Bertz CT molecular complexity index is 224. The molecule has 0 aromatic rings. The molecule has 0 rings (SSSR count). The smallest absolute Gasteiger partial charge is 0.350 e. The molecule has 0 saturated heterocycles. The number of aliphatic hydroxyl groups excluding tert-OH is 1. The zero-order chi connectivity index (χ0) is 11.1. The number of carbonyl (C=O) groups excluding carboxylic acids is 2. The summed E-state index contributed by atoms with van der Waals surface area (Å²) in [7, 11) is 2.18. The van der Waals surface area contributed by atoms with E-state index < -0.39 is 24.1 Å². The Labute approximate surface area is 81.1 Å². The summed E-state index contributed by atoms with van der Waals surface area (Å²) in [5.74, 6) is -1.87. The van der Waals surface area contributed by atoms with Crippen LogP contribution in [0.15, 0.2) is 12.8 Å². The van der Waals surface area contributed by atoms with Crippen molar-refractivity contribution in [2.24, 2.45) is 0 Å². The first kappa shape index (κ1) is 12.4. The first-order chi connectivity index (χ1) is 6.58. The van der Waals surface area contributed by atoms with Gasteiger partial charge in [0.2, 0.25) is 6.10 Å². The Morgan fingerprint density at radius 3 is 2.14 bits per heavy atom. The summed E-state index contributed by atoms with van der Waals surface area (Å²) in [6.07, 6.45) is -2.26. The van der Waals surface area contributed by atoms with E-state index in [0.29, 0.717) is 0 Å². The SMILES string of the molecule is C=CO[C@H](C(=O)OC)[C@H](O)C(=O)OC. The number of aliphatic hydroxyl groups is 1. The Morgan fingerprint density at radius 1 is 1.29 bits per heavy atom. The van der Waals surface area contributed by atoms with Crippen LogP contribution >= 0.6 is 0 Å². The summed E-state index contributed by atoms with van der Waals surface area (Å²) >= 11 is 0. The van der Waals surface area contributed by atoms with Crippen molar-refractivity contribution in [3.8, 4) is 0 Å². The summed E-state index contributed by atoms with van der Waals surface area (Å²) in [6.45, 7) is 3.19. The van der Waals surface area contributed by atoms with E-state index >= 15 is 0 Å². The summed E-state index contributed by atoms with van der Waals surface area (Å²) in [5, 5.41) is 9.26. The molecule has 1 N–H and O–H groups in total. The predicted octanol–water partition coefficient (Wildman–Crippen LogP) is -0.778. The van der Waals surface area contributed by atoms with Crippen molar-refractivity contribution in [2.45, 2.75) is 12.2 Å². The fourth-order valence-electron chi connectivity index (χ4n) is 0.723. The second-order valence-electron chi connectivity index (χ2n) is 2.21. The van der Waals surface area contributed by atoms with Crippen LogP contribution in [0, 0.1) is 0 Å². The molecule has 0 aliphatic carbocycles. The zero-order valence-corrected chi connectivity index (χ0v) is 7.93. The second kappa shape index (κ2) is 5.98. The highest BCUT2D eigenvalue weighted by Crippen LogP contribution is 2.04. The lowest BCUT2D eigenvalue weighted by molar-refractivity contribution is -0.170. The molecule has 0 unspecified atom stereocenters. The second-order valence-corrected chi connectivity index (χ2v) is 2.21. The standard InChI is InChI=1S/C8H12O6/c1-4-14-6(8(11)13-3)5(9)7(10)12-2/h4-6,9H,1H2,2-3H3/t5-,6-/m0/s1. The van der Waals surface area contributed by atoms with Crippen LogP contribution in [0.4, 0.5) is 0 Å². The van der Waals surface area contributed by atoms with Crippen molar-refractivity contribution in [3.63, 3.8) is 0 Å². The van der Waals surface area contributed by atoms with Crippen molar-refractivity contribution in [3.05, 3.63) is 12.8 Å². The van der Waals surface area contributed by atoms with E-state index in [-0.39, 0.29) is 0 Å². The van der Waals surface area contributed by atoms with Gasteiger partial charge in [0, 0.05) is 0 Å². The highest BCUT2D eigenvalue weighted by molar-refractivity contribution is 5.85. The van der Waals surface area contributed by atoms with Crippen LogP contribution in [-0.4, -0.2) is 43.5 Å². The summed E-state index contributed by atoms with van der Waals surface area (Å²) < 4.78 is 13.1. The molecule has 0 aromatic heterocycles. The molecule has 0 spiro atoms. The molecule has 0 aliphatic heterocycles. The molecule has 80 valence electrons. The fourth-order valence-corrected chi connectivity index (χ4v) is 0.723. The first-order valence-corrected chi connectivity index (χ1v) is 3.68. The van der Waals surface area contributed by atoms with Crippen molar-refractivity contribution in [2.75, 3.05) is 14.2 Å². The molecule has 0 bridgehead atoms. The van der Waals surface area contributed by atoms with Crippen LogP contribution < -0.4 is 0 Å². The van der Waals surface area contributed by atoms with Crippen LogP contribution in [0.5, 0.6) is 0 Å². The summed E-state index contributed by atoms with van der Waals surface area (Å²) in [5.41, 5.74) is 0. The Hall–Kier alpha value is -1.56. The van der Waals surface area contributed by atoms with Crippen LogP contribution in [0.3, 0.4) is 0 Å². The van der Waals surface area contributed by atoms with E-state index in [2.05, 4.69) is 20.8 Å². The molecule has 0 saturated carbocycles. The molecule has 2 atom stereocenters. The van der Waals surface area contributed by atoms with Gasteiger partial charge in [-0.1, -0.05) is 6.58 Å². The molecular weight excluding hydrogens is 192 g/mol. The van der Waals surface area contributed by atoms with Crippen LogP contribution in [0.1, 0.15) is 0 Å². The lowest BCUT2D eigenvalue weighted by Crippen LogP contribution is -2.42. The highest BCUT2D eigenvalue weighted by Gasteiger charge is 2.35. The Kier molecular flexibility index (Phi) is 5.31. The number of hydrogen-bond acceptors (Lipinski definition) is 6.